The molecule has 1 aliphatic carbocycles. The zero-order valence-corrected chi connectivity index (χ0v) is 12.8. The molecule has 1 aliphatic heterocycles. The molecule has 0 bridgehead atoms. The average molecular weight is 294 g/mol. The van der Waals surface area contributed by atoms with Crippen molar-refractivity contribution in [1.82, 2.24) is 9.97 Å². The molecule has 2 aliphatic rings. The van der Waals surface area contributed by atoms with Crippen LogP contribution < -0.4 is 11.1 Å². The number of nitrogens with one attached hydrogen (secondary N) is 1. The molecule has 7 heteroatoms. The summed E-state index contributed by atoms with van der Waals surface area (Å²) in [6.07, 6.45) is -0.556. The van der Waals surface area contributed by atoms with E-state index in [0.717, 1.165) is 5.69 Å². The highest BCUT2D eigenvalue weighted by atomic mass is 16.8. The number of aryl methyl sites for hydroxylation is 2. The number of anilines is 2. The number of hydrogen-bond donors (Lipinski definition) is 3. The molecule has 1 saturated carbocycles. The van der Waals surface area contributed by atoms with Gasteiger partial charge in [-0.05, 0) is 34.1 Å². The van der Waals surface area contributed by atoms with E-state index in [1.165, 1.54) is 0 Å². The Balaban J connectivity index is 1.83. The first kappa shape index (κ1) is 14.5. The monoisotopic (exact) mass is 294 g/mol. The van der Waals surface area contributed by atoms with Crippen LogP contribution >= 0.6 is 0 Å². The van der Waals surface area contributed by atoms with Gasteiger partial charge in [-0.2, -0.15) is 0 Å². The summed E-state index contributed by atoms with van der Waals surface area (Å²) < 4.78 is 11.7. The van der Waals surface area contributed by atoms with Crippen LogP contribution in [-0.2, 0) is 9.47 Å². The lowest BCUT2D eigenvalue weighted by atomic mass is 10.2. The van der Waals surface area contributed by atoms with Gasteiger partial charge in [-0.3, -0.25) is 0 Å². The number of nitrogen functional groups attached to an aromatic ring is 1. The second kappa shape index (κ2) is 4.79. The summed E-state index contributed by atoms with van der Waals surface area (Å²) in [6, 6.07) is -0.0947. The minimum absolute atomic E-state index is 0.0947. The first-order chi connectivity index (χ1) is 9.77. The number of hydrogen-bond acceptors (Lipinski definition) is 7. The predicted octanol–water partition coefficient (Wildman–Crippen LogP) is 0.741. The van der Waals surface area contributed by atoms with Gasteiger partial charge in [0.05, 0.1) is 23.5 Å². The summed E-state index contributed by atoms with van der Waals surface area (Å²) in [7, 11) is 0. The summed E-state index contributed by atoms with van der Waals surface area (Å²) in [5.41, 5.74) is 7.30. The molecule has 21 heavy (non-hydrogen) atoms. The first-order valence-electron chi connectivity index (χ1n) is 7.18. The number of aliphatic hydroxyl groups excluding tert-OH is 1. The Morgan fingerprint density at radius 1 is 1.24 bits per heavy atom. The van der Waals surface area contributed by atoms with Gasteiger partial charge >= 0.3 is 0 Å². The fourth-order valence-electron chi connectivity index (χ4n) is 3.10. The van der Waals surface area contributed by atoms with Crippen molar-refractivity contribution in [2.24, 2.45) is 0 Å². The second-order valence-corrected chi connectivity index (χ2v) is 6.24. The summed E-state index contributed by atoms with van der Waals surface area (Å²) in [5, 5.41) is 13.4. The Kier molecular flexibility index (Phi) is 3.31. The smallest absolute Gasteiger partial charge is 0.163 e. The molecule has 0 unspecified atom stereocenters. The van der Waals surface area contributed by atoms with Gasteiger partial charge in [0.1, 0.15) is 18.0 Å². The molecular formula is C14H22N4O3. The van der Waals surface area contributed by atoms with Crippen molar-refractivity contribution >= 4 is 11.5 Å². The van der Waals surface area contributed by atoms with Crippen molar-refractivity contribution in [3.05, 3.63) is 11.5 Å². The molecule has 0 aromatic carbocycles. The third-order valence-electron chi connectivity index (χ3n) is 4.00. The van der Waals surface area contributed by atoms with E-state index in [1.54, 1.807) is 0 Å². The van der Waals surface area contributed by atoms with Gasteiger partial charge < -0.3 is 25.6 Å². The van der Waals surface area contributed by atoms with Crippen LogP contribution in [0.25, 0.3) is 0 Å². The van der Waals surface area contributed by atoms with Crippen LogP contribution in [0.2, 0.25) is 0 Å². The maximum absolute atomic E-state index is 10.1. The number of fused-ring (bicyclic) bond motifs is 1. The third-order valence-corrected chi connectivity index (χ3v) is 4.00. The molecule has 0 radical (unpaired) electrons. The molecule has 2 fully saturated rings. The van der Waals surface area contributed by atoms with Crippen LogP contribution in [0.15, 0.2) is 0 Å². The SMILES string of the molecule is Cc1nc(C)c(N)c(N[C@@H]2C[C@H](O)[C@H]3OC(C)(C)O[C@H]32)n1. The Morgan fingerprint density at radius 2 is 1.90 bits per heavy atom. The van der Waals surface area contributed by atoms with Gasteiger partial charge in [-0.25, -0.2) is 9.97 Å². The van der Waals surface area contributed by atoms with E-state index in [0.29, 0.717) is 23.8 Å². The lowest BCUT2D eigenvalue weighted by Gasteiger charge is -2.24. The number of ether oxygens (including phenoxy) is 2. The molecule has 1 aromatic rings. The number of aromatic nitrogens is 2. The van der Waals surface area contributed by atoms with E-state index in [2.05, 4.69) is 15.3 Å². The van der Waals surface area contributed by atoms with Crippen molar-refractivity contribution < 1.29 is 14.6 Å². The molecular weight excluding hydrogens is 272 g/mol. The third kappa shape index (κ3) is 2.56. The highest BCUT2D eigenvalue weighted by molar-refractivity contribution is 5.64. The van der Waals surface area contributed by atoms with E-state index in [-0.39, 0.29) is 18.2 Å². The van der Waals surface area contributed by atoms with Crippen molar-refractivity contribution in [3.8, 4) is 0 Å². The summed E-state index contributed by atoms with van der Waals surface area (Å²) in [5.74, 6) is 0.564. The number of aliphatic hydroxyl groups is 1. The average Bonchev–Trinajstić information content (AvgIpc) is 2.82. The molecule has 1 aromatic heterocycles. The molecule has 0 spiro atoms. The molecule has 1 saturated heterocycles. The van der Waals surface area contributed by atoms with Gasteiger partial charge in [0.25, 0.3) is 0 Å². The van der Waals surface area contributed by atoms with Crippen LogP contribution in [0, 0.1) is 13.8 Å². The van der Waals surface area contributed by atoms with Gasteiger partial charge in [-0.15, -0.1) is 0 Å². The molecule has 116 valence electrons. The van der Waals surface area contributed by atoms with E-state index in [9.17, 15) is 5.11 Å². The van der Waals surface area contributed by atoms with Gasteiger partial charge in [0.15, 0.2) is 11.6 Å². The molecule has 4 N–H and O–H groups in total. The standard InChI is InChI=1S/C14H22N4O3/c1-6-10(15)13(17-7(2)16-6)18-8-5-9(19)12-11(8)20-14(3,4)21-12/h8-9,11-12,19H,5,15H2,1-4H3,(H,16,17,18)/t8-,9+,11+,12-/m1/s1. The number of nitrogens with two attached hydrogens (primary N) is 1. The quantitative estimate of drug-likeness (QED) is 0.739. The van der Waals surface area contributed by atoms with Crippen molar-refractivity contribution in [2.45, 2.75) is 64.3 Å². The zero-order valence-electron chi connectivity index (χ0n) is 12.8. The topological polar surface area (TPSA) is 103 Å². The Bertz CT molecular complexity index is 563. The lowest BCUT2D eigenvalue weighted by Crippen LogP contribution is -2.35. The van der Waals surface area contributed by atoms with Crippen molar-refractivity contribution in [2.75, 3.05) is 11.1 Å². The number of rotatable bonds is 2. The summed E-state index contributed by atoms with van der Waals surface area (Å²) in [6.45, 7) is 7.37. The molecule has 0 amide bonds. The van der Waals surface area contributed by atoms with Gasteiger partial charge in [-0.1, -0.05) is 0 Å². The zero-order chi connectivity index (χ0) is 15.4. The molecule has 2 heterocycles. The minimum atomic E-state index is -0.681. The van der Waals surface area contributed by atoms with Crippen LogP contribution in [0.4, 0.5) is 11.5 Å². The van der Waals surface area contributed by atoms with Crippen molar-refractivity contribution in [3.63, 3.8) is 0 Å². The summed E-state index contributed by atoms with van der Waals surface area (Å²) in [4.78, 5) is 8.58. The largest absolute Gasteiger partial charge is 0.394 e. The fourth-order valence-corrected chi connectivity index (χ4v) is 3.10. The molecule has 3 rings (SSSR count). The van der Waals surface area contributed by atoms with Crippen molar-refractivity contribution in [1.29, 1.82) is 0 Å². The molecule has 4 atom stereocenters. The Labute approximate surface area is 123 Å². The fraction of sp³-hybridized carbons (Fsp3) is 0.714. The maximum atomic E-state index is 10.1. The normalized spacial score (nSPS) is 34.0. The van der Waals surface area contributed by atoms with Crippen LogP contribution in [0.3, 0.4) is 0 Å². The van der Waals surface area contributed by atoms with E-state index < -0.39 is 11.9 Å². The Hall–Kier alpha value is -1.44. The van der Waals surface area contributed by atoms with E-state index >= 15 is 0 Å². The van der Waals surface area contributed by atoms with Crippen LogP contribution in [0.1, 0.15) is 31.8 Å². The van der Waals surface area contributed by atoms with Crippen LogP contribution in [-0.4, -0.2) is 45.2 Å². The highest BCUT2D eigenvalue weighted by Gasteiger charge is 2.53. The first-order valence-corrected chi connectivity index (χ1v) is 7.18. The van der Waals surface area contributed by atoms with E-state index in [4.69, 9.17) is 15.2 Å². The lowest BCUT2D eigenvalue weighted by molar-refractivity contribution is -0.162. The maximum Gasteiger partial charge on any atom is 0.163 e. The molecule has 7 nitrogen and oxygen atoms in total. The highest BCUT2D eigenvalue weighted by Crippen LogP contribution is 2.39. The Morgan fingerprint density at radius 3 is 2.62 bits per heavy atom. The predicted molar refractivity (Wildman–Crippen MR) is 77.8 cm³/mol. The van der Waals surface area contributed by atoms with Crippen LogP contribution in [0.5, 0.6) is 0 Å². The van der Waals surface area contributed by atoms with E-state index in [1.807, 2.05) is 27.7 Å². The second-order valence-electron chi connectivity index (χ2n) is 6.24. The minimum Gasteiger partial charge on any atom is -0.394 e. The number of nitrogens with zero attached hydrogens (tertiary/aromatic N) is 2. The summed E-state index contributed by atoms with van der Waals surface area (Å²) >= 11 is 0. The van der Waals surface area contributed by atoms with Gasteiger partial charge in [0, 0.05) is 0 Å². The van der Waals surface area contributed by atoms with Gasteiger partial charge in [0.2, 0.25) is 0 Å².